The highest BCUT2D eigenvalue weighted by Gasteiger charge is 2.26. The van der Waals surface area contributed by atoms with Gasteiger partial charge in [0, 0.05) is 22.9 Å². The van der Waals surface area contributed by atoms with Gasteiger partial charge in [-0.25, -0.2) is 0 Å². The van der Waals surface area contributed by atoms with Gasteiger partial charge >= 0.3 is 0 Å². The van der Waals surface area contributed by atoms with Gasteiger partial charge in [0.2, 0.25) is 5.91 Å². The van der Waals surface area contributed by atoms with Gasteiger partial charge in [0.05, 0.1) is 17.0 Å². The summed E-state index contributed by atoms with van der Waals surface area (Å²) in [5, 5.41) is 3.76. The van der Waals surface area contributed by atoms with Crippen LogP contribution in [-0.2, 0) is 4.79 Å². The van der Waals surface area contributed by atoms with Crippen LogP contribution in [-0.4, -0.2) is 29.0 Å². The molecule has 2 aromatic carbocycles. The molecule has 0 spiro atoms. The average Bonchev–Trinajstić information content (AvgIpc) is 3.11. The van der Waals surface area contributed by atoms with Gasteiger partial charge in [-0.2, -0.15) is 0 Å². The van der Waals surface area contributed by atoms with Crippen LogP contribution in [0.3, 0.4) is 0 Å². The van der Waals surface area contributed by atoms with E-state index in [-0.39, 0.29) is 23.1 Å². The molecule has 0 fully saturated rings. The molecular weight excluding hydrogens is 360 g/mol. The van der Waals surface area contributed by atoms with Crippen LogP contribution in [0.1, 0.15) is 36.0 Å². The standard InChI is InChI=1S/C21H20N2O3S/c1-12(18-11-14-6-4-5-7-17(14)26-18)23(3)21(25)15-8-9-19-16(10-15)22-20(24)13(2)27-19/h4-13H,1-3H3,(H,22,24). The van der Waals surface area contributed by atoms with E-state index in [1.54, 1.807) is 24.1 Å². The lowest BCUT2D eigenvalue weighted by molar-refractivity contribution is -0.115. The number of amides is 2. The number of fused-ring (bicyclic) bond motifs is 2. The van der Waals surface area contributed by atoms with Crippen LogP contribution >= 0.6 is 11.8 Å². The summed E-state index contributed by atoms with van der Waals surface area (Å²) < 4.78 is 5.90. The number of nitrogens with one attached hydrogen (secondary N) is 1. The Morgan fingerprint density at radius 3 is 2.78 bits per heavy atom. The maximum Gasteiger partial charge on any atom is 0.254 e. The normalized spacial score (nSPS) is 17.3. The van der Waals surface area contributed by atoms with Crippen molar-refractivity contribution in [3.63, 3.8) is 0 Å². The number of carbonyl (C=O) groups excluding carboxylic acids is 2. The third-order valence-electron chi connectivity index (χ3n) is 4.91. The van der Waals surface area contributed by atoms with E-state index in [4.69, 9.17) is 4.42 Å². The van der Waals surface area contributed by atoms with Gasteiger partial charge in [-0.05, 0) is 44.2 Å². The molecule has 2 unspecified atom stereocenters. The lowest BCUT2D eigenvalue weighted by atomic mass is 10.1. The Morgan fingerprint density at radius 1 is 1.22 bits per heavy atom. The zero-order valence-electron chi connectivity index (χ0n) is 15.4. The number of hydrogen-bond acceptors (Lipinski definition) is 4. The Morgan fingerprint density at radius 2 is 2.00 bits per heavy atom. The number of thioether (sulfide) groups is 1. The highest BCUT2D eigenvalue weighted by Crippen LogP contribution is 2.36. The minimum Gasteiger partial charge on any atom is -0.459 e. The van der Waals surface area contributed by atoms with Gasteiger partial charge in [0.25, 0.3) is 5.91 Å². The Labute approximate surface area is 161 Å². The third-order valence-corrected chi connectivity index (χ3v) is 6.09. The first-order valence-electron chi connectivity index (χ1n) is 8.81. The van der Waals surface area contributed by atoms with Crippen LogP contribution in [0.4, 0.5) is 5.69 Å². The predicted octanol–water partition coefficient (Wildman–Crippen LogP) is 4.70. The van der Waals surface area contributed by atoms with Crippen molar-refractivity contribution in [3.05, 3.63) is 59.9 Å². The van der Waals surface area contributed by atoms with E-state index in [0.29, 0.717) is 11.3 Å². The second kappa shape index (κ2) is 6.78. The van der Waals surface area contributed by atoms with Gasteiger partial charge in [-0.15, -0.1) is 11.8 Å². The molecule has 1 aliphatic rings. The van der Waals surface area contributed by atoms with E-state index in [2.05, 4.69) is 5.32 Å². The molecule has 0 bridgehead atoms. The molecule has 6 heteroatoms. The lowest BCUT2D eigenvalue weighted by Gasteiger charge is -2.25. The van der Waals surface area contributed by atoms with E-state index in [9.17, 15) is 9.59 Å². The molecule has 1 aromatic heterocycles. The fourth-order valence-corrected chi connectivity index (χ4v) is 4.05. The maximum absolute atomic E-state index is 13.0. The fraction of sp³-hybridized carbons (Fsp3) is 0.238. The molecule has 5 nitrogen and oxygen atoms in total. The molecule has 2 amide bonds. The second-order valence-corrected chi connectivity index (χ2v) is 8.12. The molecular formula is C21H20N2O3S. The van der Waals surface area contributed by atoms with E-state index < -0.39 is 0 Å². The molecule has 4 rings (SSSR count). The Balaban J connectivity index is 1.58. The fourth-order valence-electron chi connectivity index (χ4n) is 3.12. The van der Waals surface area contributed by atoms with Gasteiger partial charge in [0.1, 0.15) is 11.3 Å². The summed E-state index contributed by atoms with van der Waals surface area (Å²) in [5.41, 5.74) is 2.04. The Hall–Kier alpha value is -2.73. The number of nitrogens with zero attached hydrogens (tertiary/aromatic N) is 1. The monoisotopic (exact) mass is 380 g/mol. The van der Waals surface area contributed by atoms with Crippen LogP contribution in [0.2, 0.25) is 0 Å². The Kier molecular flexibility index (Phi) is 4.44. The first kappa shape index (κ1) is 17.7. The second-order valence-electron chi connectivity index (χ2n) is 6.74. The number of anilines is 1. The van der Waals surface area contributed by atoms with Crippen molar-refractivity contribution >= 4 is 40.2 Å². The van der Waals surface area contributed by atoms with Gasteiger partial charge in [-0.1, -0.05) is 18.2 Å². The smallest absolute Gasteiger partial charge is 0.254 e. The highest BCUT2D eigenvalue weighted by molar-refractivity contribution is 8.00. The molecule has 138 valence electrons. The van der Waals surface area contributed by atoms with Crippen molar-refractivity contribution in [1.82, 2.24) is 4.90 Å². The number of hydrogen-bond donors (Lipinski definition) is 1. The average molecular weight is 380 g/mol. The number of carbonyl (C=O) groups is 2. The van der Waals surface area contributed by atoms with Crippen LogP contribution in [0.25, 0.3) is 11.0 Å². The van der Waals surface area contributed by atoms with E-state index in [1.807, 2.05) is 50.2 Å². The first-order valence-corrected chi connectivity index (χ1v) is 9.69. The zero-order valence-corrected chi connectivity index (χ0v) is 16.2. The van der Waals surface area contributed by atoms with E-state index >= 15 is 0 Å². The van der Waals surface area contributed by atoms with E-state index in [0.717, 1.165) is 21.6 Å². The highest BCUT2D eigenvalue weighted by atomic mass is 32.2. The molecule has 1 aliphatic heterocycles. The minimum atomic E-state index is -0.218. The summed E-state index contributed by atoms with van der Waals surface area (Å²) in [5.74, 6) is 0.576. The molecule has 3 aromatic rings. The van der Waals surface area contributed by atoms with E-state index in [1.165, 1.54) is 11.8 Å². The van der Waals surface area contributed by atoms with Crippen molar-refractivity contribution in [2.45, 2.75) is 30.0 Å². The zero-order chi connectivity index (χ0) is 19.1. The summed E-state index contributed by atoms with van der Waals surface area (Å²) in [6, 6.07) is 15.0. The molecule has 1 N–H and O–H groups in total. The van der Waals surface area contributed by atoms with Gasteiger partial charge < -0.3 is 14.6 Å². The van der Waals surface area contributed by atoms with Crippen molar-refractivity contribution in [3.8, 4) is 0 Å². The summed E-state index contributed by atoms with van der Waals surface area (Å²) in [7, 11) is 1.76. The predicted molar refractivity (Wildman–Crippen MR) is 107 cm³/mol. The molecule has 0 aliphatic carbocycles. The number of para-hydroxylation sites is 1. The third kappa shape index (κ3) is 3.21. The van der Waals surface area contributed by atoms with Crippen molar-refractivity contribution < 1.29 is 14.0 Å². The van der Waals surface area contributed by atoms with Crippen molar-refractivity contribution in [2.75, 3.05) is 12.4 Å². The summed E-state index contributed by atoms with van der Waals surface area (Å²) in [4.78, 5) is 27.5. The van der Waals surface area contributed by atoms with Gasteiger partial charge in [0.15, 0.2) is 0 Å². The van der Waals surface area contributed by atoms with Crippen LogP contribution in [0.15, 0.2) is 57.8 Å². The SMILES string of the molecule is CC1Sc2ccc(C(=O)N(C)C(C)c3cc4ccccc4o3)cc2NC1=O. The number of furan rings is 1. The molecule has 27 heavy (non-hydrogen) atoms. The van der Waals surface area contributed by atoms with Crippen LogP contribution in [0.5, 0.6) is 0 Å². The number of rotatable bonds is 3. The number of benzene rings is 2. The largest absolute Gasteiger partial charge is 0.459 e. The summed E-state index contributed by atoms with van der Waals surface area (Å²) >= 11 is 1.50. The summed E-state index contributed by atoms with van der Waals surface area (Å²) in [6.07, 6.45) is 0. The lowest BCUT2D eigenvalue weighted by Crippen LogP contribution is -2.30. The van der Waals surface area contributed by atoms with Crippen LogP contribution in [0, 0.1) is 0 Å². The summed E-state index contributed by atoms with van der Waals surface area (Å²) in [6.45, 7) is 3.80. The molecule has 2 atom stereocenters. The molecule has 2 heterocycles. The maximum atomic E-state index is 13.0. The quantitative estimate of drug-likeness (QED) is 0.715. The first-order chi connectivity index (χ1) is 12.9. The van der Waals surface area contributed by atoms with Crippen LogP contribution < -0.4 is 5.32 Å². The van der Waals surface area contributed by atoms with Crippen molar-refractivity contribution in [1.29, 1.82) is 0 Å². The molecule has 0 saturated heterocycles. The van der Waals surface area contributed by atoms with Crippen molar-refractivity contribution in [2.24, 2.45) is 0 Å². The molecule has 0 radical (unpaired) electrons. The Bertz CT molecular complexity index is 1010. The topological polar surface area (TPSA) is 62.6 Å². The minimum absolute atomic E-state index is 0.0407. The molecule has 0 saturated carbocycles. The van der Waals surface area contributed by atoms with Gasteiger partial charge in [-0.3, -0.25) is 9.59 Å².